The smallest absolute Gasteiger partial charge is 0.246 e. The highest BCUT2D eigenvalue weighted by Gasteiger charge is 2.22. The number of aryl methyl sites for hydroxylation is 1. The van der Waals surface area contributed by atoms with E-state index in [1.807, 2.05) is 42.2 Å². The van der Waals surface area contributed by atoms with Gasteiger partial charge in [0, 0.05) is 38.5 Å². The topological polar surface area (TPSA) is 60.2 Å². The van der Waals surface area contributed by atoms with Crippen molar-refractivity contribution in [1.29, 1.82) is 5.26 Å². The minimum Gasteiger partial charge on any atom is -0.352 e. The van der Waals surface area contributed by atoms with Crippen molar-refractivity contribution in [3.8, 4) is 6.07 Å². The van der Waals surface area contributed by atoms with Gasteiger partial charge in [-0.1, -0.05) is 29.8 Å². The first kappa shape index (κ1) is 16.7. The van der Waals surface area contributed by atoms with Gasteiger partial charge >= 0.3 is 0 Å². The molecule has 25 heavy (non-hydrogen) atoms. The van der Waals surface area contributed by atoms with Crippen molar-refractivity contribution >= 4 is 17.8 Å². The van der Waals surface area contributed by atoms with Gasteiger partial charge in [0.15, 0.2) is 0 Å². The van der Waals surface area contributed by atoms with E-state index in [4.69, 9.17) is 0 Å². The number of hydrogen-bond acceptors (Lipinski definition) is 4. The van der Waals surface area contributed by atoms with E-state index in [-0.39, 0.29) is 5.91 Å². The number of carbonyl (C=O) groups is 1. The van der Waals surface area contributed by atoms with Gasteiger partial charge in [0.05, 0.1) is 5.56 Å². The lowest BCUT2D eigenvalue weighted by Gasteiger charge is -2.35. The Morgan fingerprint density at radius 3 is 2.72 bits per heavy atom. The number of rotatable bonds is 3. The first-order valence-corrected chi connectivity index (χ1v) is 8.31. The molecule has 0 atom stereocenters. The zero-order chi connectivity index (χ0) is 17.6. The lowest BCUT2D eigenvalue weighted by molar-refractivity contribution is -0.126. The largest absolute Gasteiger partial charge is 0.352 e. The number of pyridine rings is 1. The van der Waals surface area contributed by atoms with Crippen LogP contribution in [-0.4, -0.2) is 42.0 Å². The molecule has 2 aromatic rings. The summed E-state index contributed by atoms with van der Waals surface area (Å²) in [5.74, 6) is 0.718. The van der Waals surface area contributed by atoms with Crippen LogP contribution in [0.1, 0.15) is 16.7 Å². The first-order valence-electron chi connectivity index (χ1n) is 8.31. The summed E-state index contributed by atoms with van der Waals surface area (Å²) >= 11 is 0. The Morgan fingerprint density at radius 1 is 1.20 bits per heavy atom. The van der Waals surface area contributed by atoms with Crippen molar-refractivity contribution < 1.29 is 4.79 Å². The number of aromatic nitrogens is 1. The van der Waals surface area contributed by atoms with Gasteiger partial charge in [0.2, 0.25) is 5.91 Å². The second-order valence-electron chi connectivity index (χ2n) is 6.05. The molecule has 126 valence electrons. The van der Waals surface area contributed by atoms with Crippen molar-refractivity contribution in [2.45, 2.75) is 6.92 Å². The summed E-state index contributed by atoms with van der Waals surface area (Å²) in [6.45, 7) is 4.63. The number of anilines is 1. The van der Waals surface area contributed by atoms with Crippen LogP contribution in [0.3, 0.4) is 0 Å². The summed E-state index contributed by atoms with van der Waals surface area (Å²) in [4.78, 5) is 20.6. The summed E-state index contributed by atoms with van der Waals surface area (Å²) < 4.78 is 0. The fourth-order valence-electron chi connectivity index (χ4n) is 2.92. The highest BCUT2D eigenvalue weighted by molar-refractivity contribution is 5.92. The Hall–Kier alpha value is -3.13. The molecule has 1 aromatic heterocycles. The highest BCUT2D eigenvalue weighted by atomic mass is 16.2. The molecule has 0 saturated carbocycles. The van der Waals surface area contributed by atoms with E-state index in [1.54, 1.807) is 24.4 Å². The molecule has 0 unspecified atom stereocenters. The second kappa shape index (κ2) is 7.63. The van der Waals surface area contributed by atoms with Crippen molar-refractivity contribution in [3.05, 3.63) is 65.4 Å². The van der Waals surface area contributed by atoms with E-state index >= 15 is 0 Å². The van der Waals surface area contributed by atoms with Crippen LogP contribution in [0, 0.1) is 18.3 Å². The minimum atomic E-state index is 0.0164. The van der Waals surface area contributed by atoms with Crippen LogP contribution in [-0.2, 0) is 4.79 Å². The summed E-state index contributed by atoms with van der Waals surface area (Å²) in [6, 6.07) is 13.8. The number of piperazine rings is 1. The van der Waals surface area contributed by atoms with Crippen LogP contribution < -0.4 is 4.90 Å². The van der Waals surface area contributed by atoms with E-state index in [1.165, 1.54) is 5.56 Å². The number of hydrogen-bond donors (Lipinski definition) is 0. The third kappa shape index (κ3) is 4.04. The van der Waals surface area contributed by atoms with E-state index < -0.39 is 0 Å². The van der Waals surface area contributed by atoms with Gasteiger partial charge < -0.3 is 9.80 Å². The second-order valence-corrected chi connectivity index (χ2v) is 6.05. The average Bonchev–Trinajstić information content (AvgIpc) is 2.66. The van der Waals surface area contributed by atoms with E-state index in [9.17, 15) is 10.1 Å². The summed E-state index contributed by atoms with van der Waals surface area (Å²) in [5, 5.41) is 9.20. The van der Waals surface area contributed by atoms with Gasteiger partial charge in [0.25, 0.3) is 0 Å². The molecule has 0 N–H and O–H groups in total. The average molecular weight is 332 g/mol. The monoisotopic (exact) mass is 332 g/mol. The molecule has 5 heteroatoms. The SMILES string of the molecule is Cc1cccc(C=CC(=O)N2CCN(c3ncccc3C#N)CC2)c1. The lowest BCUT2D eigenvalue weighted by atomic mass is 10.1. The number of carbonyl (C=O) groups excluding carboxylic acids is 1. The van der Waals surface area contributed by atoms with Crippen LogP contribution in [0.4, 0.5) is 5.82 Å². The van der Waals surface area contributed by atoms with Crippen LogP contribution in [0.2, 0.25) is 0 Å². The molecule has 0 spiro atoms. The van der Waals surface area contributed by atoms with Gasteiger partial charge in [0.1, 0.15) is 11.9 Å². The minimum absolute atomic E-state index is 0.0164. The van der Waals surface area contributed by atoms with Crippen LogP contribution in [0.25, 0.3) is 6.08 Å². The molecule has 2 heterocycles. The van der Waals surface area contributed by atoms with Crippen LogP contribution in [0.5, 0.6) is 0 Å². The van der Waals surface area contributed by atoms with Gasteiger partial charge in [-0.3, -0.25) is 4.79 Å². The molecule has 5 nitrogen and oxygen atoms in total. The molecule has 1 aliphatic heterocycles. The molecular weight excluding hydrogens is 312 g/mol. The summed E-state index contributed by atoms with van der Waals surface area (Å²) in [6.07, 6.45) is 5.18. The quantitative estimate of drug-likeness (QED) is 0.811. The molecule has 1 fully saturated rings. The molecule has 0 aliphatic carbocycles. The Balaban J connectivity index is 1.60. The predicted molar refractivity (Wildman–Crippen MR) is 98.0 cm³/mol. The fourth-order valence-corrected chi connectivity index (χ4v) is 2.92. The third-order valence-electron chi connectivity index (χ3n) is 4.26. The molecule has 1 aliphatic rings. The standard InChI is InChI=1S/C20H20N4O/c1-16-4-2-5-17(14-16)7-8-19(25)23-10-12-24(13-11-23)20-18(15-21)6-3-9-22-20/h2-9,14H,10-13H2,1H3. The number of nitrogens with zero attached hydrogens (tertiary/aromatic N) is 4. The van der Waals surface area contributed by atoms with E-state index in [0.29, 0.717) is 37.6 Å². The maximum atomic E-state index is 12.4. The molecule has 0 bridgehead atoms. The zero-order valence-electron chi connectivity index (χ0n) is 14.2. The molecule has 1 saturated heterocycles. The first-order chi connectivity index (χ1) is 12.2. The lowest BCUT2D eigenvalue weighted by Crippen LogP contribution is -2.48. The summed E-state index contributed by atoms with van der Waals surface area (Å²) in [5.41, 5.74) is 2.77. The van der Waals surface area contributed by atoms with Gasteiger partial charge in [-0.25, -0.2) is 4.98 Å². The van der Waals surface area contributed by atoms with E-state index in [2.05, 4.69) is 16.0 Å². The number of benzene rings is 1. The van der Waals surface area contributed by atoms with Crippen LogP contribution in [0.15, 0.2) is 48.7 Å². The van der Waals surface area contributed by atoms with Crippen molar-refractivity contribution in [1.82, 2.24) is 9.88 Å². The van der Waals surface area contributed by atoms with Crippen molar-refractivity contribution in [2.24, 2.45) is 0 Å². The van der Waals surface area contributed by atoms with Gasteiger partial charge in [-0.05, 0) is 30.7 Å². The molecule has 0 radical (unpaired) electrons. The third-order valence-corrected chi connectivity index (χ3v) is 4.26. The predicted octanol–water partition coefficient (Wildman–Crippen LogP) is 2.62. The maximum Gasteiger partial charge on any atom is 0.246 e. The fraction of sp³-hybridized carbons (Fsp3) is 0.250. The number of nitriles is 1. The van der Waals surface area contributed by atoms with Crippen molar-refractivity contribution in [2.75, 3.05) is 31.1 Å². The maximum absolute atomic E-state index is 12.4. The van der Waals surface area contributed by atoms with Gasteiger partial charge in [-0.15, -0.1) is 0 Å². The normalized spacial score (nSPS) is 14.6. The Kier molecular flexibility index (Phi) is 5.10. The number of amides is 1. The van der Waals surface area contributed by atoms with Gasteiger partial charge in [-0.2, -0.15) is 5.26 Å². The Morgan fingerprint density at radius 2 is 2.00 bits per heavy atom. The summed E-state index contributed by atoms with van der Waals surface area (Å²) in [7, 11) is 0. The molecular formula is C20H20N4O. The highest BCUT2D eigenvalue weighted by Crippen LogP contribution is 2.18. The van der Waals surface area contributed by atoms with Crippen molar-refractivity contribution in [3.63, 3.8) is 0 Å². The Bertz CT molecular complexity index is 830. The molecule has 1 aromatic carbocycles. The molecule has 1 amide bonds. The zero-order valence-corrected chi connectivity index (χ0v) is 14.2. The van der Waals surface area contributed by atoms with E-state index in [0.717, 1.165) is 5.56 Å². The Labute approximate surface area is 147 Å². The van der Waals surface area contributed by atoms with Crippen LogP contribution >= 0.6 is 0 Å². The molecule has 3 rings (SSSR count).